The number of ether oxygens (including phenoxy) is 1. The van der Waals surface area contributed by atoms with Gasteiger partial charge >= 0.3 is 7.41 Å². The molecule has 0 saturated heterocycles. The van der Waals surface area contributed by atoms with Crippen molar-refractivity contribution in [2.24, 2.45) is 5.92 Å². The van der Waals surface area contributed by atoms with Crippen molar-refractivity contribution in [3.05, 3.63) is 53.3 Å². The lowest BCUT2D eigenvalue weighted by Gasteiger charge is -2.39. The van der Waals surface area contributed by atoms with Gasteiger partial charge in [0.15, 0.2) is 8.32 Å². The smallest absolute Gasteiger partial charge is 0.329 e. The zero-order chi connectivity index (χ0) is 31.0. The molecule has 0 unspecified atom stereocenters. The number of nitrogens with zero attached hydrogens (tertiary/aromatic N) is 5. The van der Waals surface area contributed by atoms with E-state index < -0.39 is 13.7 Å². The van der Waals surface area contributed by atoms with Crippen LogP contribution < -0.4 is 14.9 Å². The number of pyridine rings is 1. The predicted octanol–water partition coefficient (Wildman–Crippen LogP) is 6.16. The molecular weight excluding hydrogens is 555 g/mol. The number of fused-ring (bicyclic) bond motifs is 1. The zero-order valence-electron chi connectivity index (χ0n) is 26.2. The standard InChI is InChI=1S/C32H40BN6O3Si/c1-21-12-27(29(36-16-21)41-17-22-8-9-22)38-30-35-11-10-26(37-30)23-13-24(15-34)28-25(14-23)32(5,18-39(28)33-20-40)19-42-43(6,7)31(2,3)4/h10-14,16,20,22H,8-9,17-19H2,1-7H3,(H,35,37,38)/t32-/m1/s1. The van der Waals surface area contributed by atoms with Gasteiger partial charge < -0.3 is 24.1 Å². The average Bonchev–Trinajstić information content (AvgIpc) is 3.74. The molecule has 1 aromatic carbocycles. The van der Waals surface area contributed by atoms with Crippen LogP contribution in [0.25, 0.3) is 11.3 Å². The predicted molar refractivity (Wildman–Crippen MR) is 173 cm³/mol. The van der Waals surface area contributed by atoms with Crippen molar-refractivity contribution in [2.75, 3.05) is 29.9 Å². The van der Waals surface area contributed by atoms with E-state index in [1.165, 1.54) is 20.3 Å². The first-order chi connectivity index (χ1) is 20.3. The highest BCUT2D eigenvalue weighted by atomic mass is 28.4. The Morgan fingerprint density at radius 3 is 2.70 bits per heavy atom. The van der Waals surface area contributed by atoms with Gasteiger partial charge in [0, 0.05) is 42.2 Å². The second-order valence-corrected chi connectivity index (χ2v) is 18.4. The van der Waals surface area contributed by atoms with Crippen LogP contribution in [0.3, 0.4) is 0 Å². The molecule has 11 heteroatoms. The van der Waals surface area contributed by atoms with Crippen LogP contribution in [0, 0.1) is 24.2 Å². The van der Waals surface area contributed by atoms with Gasteiger partial charge in [-0.15, -0.1) is 0 Å². The molecule has 1 aliphatic carbocycles. The molecule has 1 aliphatic heterocycles. The number of carbonyl (C=O) groups excluding carboxylic acids is 1. The second-order valence-electron chi connectivity index (χ2n) is 13.6. The Hall–Kier alpha value is -3.75. The Balaban J connectivity index is 1.49. The average molecular weight is 596 g/mol. The Labute approximate surface area is 256 Å². The zero-order valence-corrected chi connectivity index (χ0v) is 27.2. The van der Waals surface area contributed by atoms with Crippen molar-refractivity contribution in [3.63, 3.8) is 0 Å². The number of carbonyl (C=O) groups is 1. The highest BCUT2D eigenvalue weighted by Gasteiger charge is 2.44. The fraction of sp³-hybridized carbons (Fsp3) is 0.469. The van der Waals surface area contributed by atoms with Crippen LogP contribution in [0.2, 0.25) is 18.1 Å². The molecule has 0 amide bonds. The van der Waals surface area contributed by atoms with Crippen molar-refractivity contribution in [2.45, 2.75) is 71.0 Å². The van der Waals surface area contributed by atoms with E-state index in [1.807, 2.05) is 29.9 Å². The number of nitrogens with one attached hydrogen (secondary N) is 1. The van der Waals surface area contributed by atoms with Crippen molar-refractivity contribution in [3.8, 4) is 23.2 Å². The summed E-state index contributed by atoms with van der Waals surface area (Å²) in [5.74, 6) is 1.53. The van der Waals surface area contributed by atoms with Gasteiger partial charge in [0.25, 0.3) is 0 Å². The molecule has 3 aromatic rings. The molecule has 5 rings (SSSR count). The molecule has 0 spiro atoms. The number of aryl methyl sites for hydroxylation is 1. The molecule has 43 heavy (non-hydrogen) atoms. The van der Waals surface area contributed by atoms with Crippen LogP contribution >= 0.6 is 0 Å². The molecule has 3 heterocycles. The molecule has 9 nitrogen and oxygen atoms in total. The lowest BCUT2D eigenvalue weighted by Crippen LogP contribution is -2.46. The molecule has 1 radical (unpaired) electrons. The maximum absolute atomic E-state index is 11.6. The van der Waals surface area contributed by atoms with Crippen molar-refractivity contribution >= 4 is 39.2 Å². The summed E-state index contributed by atoms with van der Waals surface area (Å²) in [4.78, 5) is 27.2. The first-order valence-electron chi connectivity index (χ1n) is 14.8. The summed E-state index contributed by atoms with van der Waals surface area (Å²) < 4.78 is 12.7. The highest BCUT2D eigenvalue weighted by molar-refractivity contribution is 6.74. The Kier molecular flexibility index (Phi) is 8.38. The summed E-state index contributed by atoms with van der Waals surface area (Å²) in [6, 6.07) is 10.1. The maximum atomic E-state index is 11.6. The van der Waals surface area contributed by atoms with Crippen LogP contribution in [0.15, 0.2) is 36.7 Å². The highest BCUT2D eigenvalue weighted by Crippen LogP contribution is 2.46. The van der Waals surface area contributed by atoms with Crippen LogP contribution in [0.1, 0.15) is 57.2 Å². The number of nitriles is 1. The summed E-state index contributed by atoms with van der Waals surface area (Å²) in [5, 5.41) is 13.6. The van der Waals surface area contributed by atoms with Crippen molar-refractivity contribution in [1.29, 1.82) is 5.26 Å². The summed E-state index contributed by atoms with van der Waals surface area (Å²) in [6.07, 6.45) is 6.64. The summed E-state index contributed by atoms with van der Waals surface area (Å²) >= 11 is 0. The van der Waals surface area contributed by atoms with E-state index in [9.17, 15) is 10.1 Å². The van der Waals surface area contributed by atoms with Gasteiger partial charge in [-0.25, -0.2) is 15.0 Å². The van der Waals surface area contributed by atoms with Gasteiger partial charge in [-0.1, -0.05) is 27.7 Å². The van der Waals surface area contributed by atoms with Crippen LogP contribution in [0.4, 0.5) is 17.3 Å². The van der Waals surface area contributed by atoms with Crippen molar-refractivity contribution < 1.29 is 14.0 Å². The fourth-order valence-electron chi connectivity index (χ4n) is 5.00. The minimum Gasteiger partial charge on any atom is -0.476 e. The van der Waals surface area contributed by atoms with E-state index in [1.54, 1.807) is 12.4 Å². The Bertz CT molecular complexity index is 1570. The monoisotopic (exact) mass is 595 g/mol. The topological polar surface area (TPSA) is 113 Å². The minimum absolute atomic E-state index is 0.0546. The van der Waals surface area contributed by atoms with Crippen molar-refractivity contribution in [1.82, 2.24) is 15.0 Å². The largest absolute Gasteiger partial charge is 0.476 e. The number of hydrogen-bond acceptors (Lipinski definition) is 9. The number of benzene rings is 1. The Morgan fingerprint density at radius 2 is 2.02 bits per heavy atom. The molecule has 1 N–H and O–H groups in total. The van der Waals surface area contributed by atoms with Crippen LogP contribution in [0.5, 0.6) is 5.88 Å². The molecule has 2 aliphatic rings. The molecular formula is C32H40BN6O3Si. The summed E-state index contributed by atoms with van der Waals surface area (Å²) in [6.45, 7) is 16.9. The number of hydrogen-bond donors (Lipinski definition) is 1. The lowest BCUT2D eigenvalue weighted by molar-refractivity contribution is 0.219. The van der Waals surface area contributed by atoms with E-state index >= 15 is 0 Å². The van der Waals surface area contributed by atoms with Gasteiger partial charge in [-0.2, -0.15) is 5.26 Å². The third-order valence-electron chi connectivity index (χ3n) is 8.82. The van der Waals surface area contributed by atoms with E-state index in [0.717, 1.165) is 28.6 Å². The number of aromatic nitrogens is 3. The Morgan fingerprint density at radius 1 is 1.26 bits per heavy atom. The van der Waals surface area contributed by atoms with Gasteiger partial charge in [0.2, 0.25) is 11.8 Å². The third kappa shape index (κ3) is 6.60. The second kappa shape index (κ2) is 11.7. The van der Waals surface area contributed by atoms with Gasteiger partial charge in [-0.3, -0.25) is 0 Å². The normalized spacial score (nSPS) is 18.1. The lowest BCUT2D eigenvalue weighted by atomic mass is 9.83. The first kappa shape index (κ1) is 30.7. The summed E-state index contributed by atoms with van der Waals surface area (Å²) in [7, 11) is -0.548. The van der Waals surface area contributed by atoms with Gasteiger partial charge in [0.05, 0.1) is 17.9 Å². The number of rotatable bonds is 11. The van der Waals surface area contributed by atoms with E-state index in [4.69, 9.17) is 14.1 Å². The molecule has 1 saturated carbocycles. The fourth-order valence-corrected chi connectivity index (χ4v) is 6.11. The SMILES string of the molecule is Cc1cnc(OCC2CC2)c(Nc2nccc(-c3cc(C#N)c4c(c3)[C@@](C)(CO[Si](C)(C)C(C)(C)C)CN4[B]C=O)n2)c1. The first-order valence-corrected chi connectivity index (χ1v) is 17.7. The molecule has 1 fully saturated rings. The summed E-state index contributed by atoms with van der Waals surface area (Å²) in [5.41, 5.74) is 4.91. The van der Waals surface area contributed by atoms with Crippen LogP contribution in [-0.2, 0) is 14.6 Å². The quantitative estimate of drug-likeness (QED) is 0.206. The van der Waals surface area contributed by atoms with E-state index in [-0.39, 0.29) is 5.04 Å². The van der Waals surface area contributed by atoms with E-state index in [2.05, 4.69) is 68.2 Å². The van der Waals surface area contributed by atoms with Crippen LogP contribution in [-0.4, -0.2) is 56.6 Å². The van der Waals surface area contributed by atoms with E-state index in [0.29, 0.717) is 54.4 Å². The molecule has 1 atom stereocenters. The molecule has 2 aromatic heterocycles. The number of anilines is 3. The minimum atomic E-state index is -2.05. The molecule has 0 bridgehead atoms. The van der Waals surface area contributed by atoms with Gasteiger partial charge in [-0.05, 0) is 79.2 Å². The van der Waals surface area contributed by atoms with Gasteiger partial charge in [0.1, 0.15) is 17.9 Å². The maximum Gasteiger partial charge on any atom is 0.329 e. The third-order valence-corrected chi connectivity index (χ3v) is 13.3. The molecule has 223 valence electrons.